The number of benzene rings is 1. The maximum atomic E-state index is 13.9. The van der Waals surface area contributed by atoms with Gasteiger partial charge < -0.3 is 14.6 Å². The van der Waals surface area contributed by atoms with Crippen LogP contribution in [-0.2, 0) is 4.74 Å². The van der Waals surface area contributed by atoms with E-state index in [1.165, 1.54) is 6.08 Å². The fraction of sp³-hybridized carbons (Fsp3) is 0.167. The molecule has 0 radical (unpaired) electrons. The Morgan fingerprint density at radius 2 is 2.15 bits per heavy atom. The van der Waals surface area contributed by atoms with Gasteiger partial charge in [-0.15, -0.1) is 0 Å². The second-order valence-electron chi connectivity index (χ2n) is 3.45. The molecule has 0 heterocycles. The van der Waals surface area contributed by atoms with E-state index in [9.17, 15) is 18.4 Å². The van der Waals surface area contributed by atoms with Crippen molar-refractivity contribution in [1.29, 1.82) is 0 Å². The van der Waals surface area contributed by atoms with Crippen LogP contribution in [0.5, 0.6) is 5.75 Å². The molecule has 1 aromatic carbocycles. The molecule has 0 aliphatic carbocycles. The van der Waals surface area contributed by atoms with Gasteiger partial charge in [-0.3, -0.25) is 5.32 Å². The van der Waals surface area contributed by atoms with E-state index < -0.39 is 40.7 Å². The molecule has 0 unspecified atom stereocenters. The lowest BCUT2D eigenvalue weighted by Crippen LogP contribution is -2.18. The quantitative estimate of drug-likeness (QED) is 0.812. The predicted molar refractivity (Wildman–Crippen MR) is 65.0 cm³/mol. The lowest BCUT2D eigenvalue weighted by molar-refractivity contribution is 0.0697. The lowest BCUT2D eigenvalue weighted by Gasteiger charge is -2.12. The fourth-order valence-electron chi connectivity index (χ4n) is 1.35. The second-order valence-corrected chi connectivity index (χ2v) is 3.45. The molecule has 1 amide bonds. The Bertz CT molecular complexity index is 559. The molecule has 8 heteroatoms. The smallest absolute Gasteiger partial charge is 0.412 e. The molecule has 0 bridgehead atoms. The number of amides is 1. The average molecular weight is 287 g/mol. The summed E-state index contributed by atoms with van der Waals surface area (Å²) in [4.78, 5) is 22.2. The van der Waals surface area contributed by atoms with Crippen molar-refractivity contribution in [3.8, 4) is 5.75 Å². The highest BCUT2D eigenvalue weighted by molar-refractivity contribution is 5.99. The number of carbonyl (C=O) groups is 2. The number of ether oxygens (including phenoxy) is 2. The highest BCUT2D eigenvalue weighted by Gasteiger charge is 2.24. The third-order valence-corrected chi connectivity index (χ3v) is 2.17. The molecule has 0 saturated heterocycles. The average Bonchev–Trinajstić information content (AvgIpc) is 2.39. The Morgan fingerprint density at radius 3 is 2.65 bits per heavy atom. The Kier molecular flexibility index (Phi) is 5.01. The fourth-order valence-corrected chi connectivity index (χ4v) is 1.35. The largest absolute Gasteiger partial charge is 0.491 e. The number of halogens is 2. The van der Waals surface area contributed by atoms with E-state index in [1.54, 1.807) is 0 Å². The molecule has 0 aliphatic heterocycles. The van der Waals surface area contributed by atoms with Crippen LogP contribution >= 0.6 is 0 Å². The monoisotopic (exact) mass is 287 g/mol. The molecule has 0 aliphatic rings. The van der Waals surface area contributed by atoms with E-state index in [1.807, 2.05) is 5.32 Å². The number of hydrogen-bond acceptors (Lipinski definition) is 4. The number of anilines is 1. The minimum absolute atomic E-state index is 0.159. The Hall–Kier alpha value is -2.64. The number of methoxy groups -OCH3 is 1. The third-order valence-electron chi connectivity index (χ3n) is 2.17. The number of carbonyl (C=O) groups excluding carboxylic acids is 1. The first-order chi connectivity index (χ1) is 9.42. The first kappa shape index (κ1) is 15.4. The van der Waals surface area contributed by atoms with Gasteiger partial charge in [0.1, 0.15) is 6.61 Å². The summed E-state index contributed by atoms with van der Waals surface area (Å²) in [5, 5.41) is 10.8. The van der Waals surface area contributed by atoms with Gasteiger partial charge in [-0.25, -0.2) is 18.4 Å². The van der Waals surface area contributed by atoms with Gasteiger partial charge in [0.25, 0.3) is 0 Å². The predicted octanol–water partition coefficient (Wildman–Crippen LogP) is 2.41. The molecular weight excluding hydrogens is 276 g/mol. The minimum atomic E-state index is -1.62. The highest BCUT2D eigenvalue weighted by atomic mass is 19.1. The molecule has 6 nitrogen and oxygen atoms in total. The van der Waals surface area contributed by atoms with Crippen molar-refractivity contribution in [2.45, 2.75) is 0 Å². The van der Waals surface area contributed by atoms with E-state index in [-0.39, 0.29) is 6.61 Å². The second kappa shape index (κ2) is 6.50. The van der Waals surface area contributed by atoms with Crippen molar-refractivity contribution < 1.29 is 33.0 Å². The summed E-state index contributed by atoms with van der Waals surface area (Å²) in [7, 11) is 1.00. The van der Waals surface area contributed by atoms with Gasteiger partial charge in [-0.2, -0.15) is 0 Å². The van der Waals surface area contributed by atoms with Gasteiger partial charge in [0, 0.05) is 0 Å². The van der Waals surface area contributed by atoms with Crippen molar-refractivity contribution in [2.75, 3.05) is 19.0 Å². The number of hydrogen-bond donors (Lipinski definition) is 2. The molecule has 0 aromatic heterocycles. The summed E-state index contributed by atoms with van der Waals surface area (Å²) in [5.41, 5.74) is -1.51. The van der Waals surface area contributed by atoms with Crippen molar-refractivity contribution in [3.63, 3.8) is 0 Å². The minimum Gasteiger partial charge on any atom is -0.491 e. The Morgan fingerprint density at radius 1 is 1.50 bits per heavy atom. The summed E-state index contributed by atoms with van der Waals surface area (Å²) >= 11 is 0. The van der Waals surface area contributed by atoms with E-state index >= 15 is 0 Å². The summed E-state index contributed by atoms with van der Waals surface area (Å²) in [6.45, 7) is 3.14. The van der Waals surface area contributed by atoms with Crippen molar-refractivity contribution in [1.82, 2.24) is 0 Å². The van der Waals surface area contributed by atoms with Crippen LogP contribution in [0.25, 0.3) is 0 Å². The number of rotatable bonds is 5. The molecule has 1 aromatic rings. The van der Waals surface area contributed by atoms with Gasteiger partial charge >= 0.3 is 12.1 Å². The normalized spacial score (nSPS) is 9.75. The first-order valence-corrected chi connectivity index (χ1v) is 5.26. The molecular formula is C12H11F2NO5. The van der Waals surface area contributed by atoms with Crippen LogP contribution in [0.2, 0.25) is 0 Å². The Balaban J connectivity index is 3.24. The molecule has 0 atom stereocenters. The standard InChI is InChI=1S/C12H11F2NO5/c1-3-4-20-12(18)15-9-6(11(16)17)5-7(13)10(19-2)8(9)14/h3,5H,1,4H2,2H3,(H,15,18)(H,16,17). The summed E-state index contributed by atoms with van der Waals surface area (Å²) in [6, 6.07) is 0.535. The third kappa shape index (κ3) is 3.22. The highest BCUT2D eigenvalue weighted by Crippen LogP contribution is 2.31. The van der Waals surface area contributed by atoms with Crippen LogP contribution in [0.15, 0.2) is 18.7 Å². The summed E-state index contributed by atoms with van der Waals surface area (Å²) in [6.07, 6.45) is 0.152. The molecule has 0 fully saturated rings. The molecule has 0 saturated carbocycles. The number of nitrogens with one attached hydrogen (secondary N) is 1. The lowest BCUT2D eigenvalue weighted by atomic mass is 10.1. The molecule has 108 valence electrons. The van der Waals surface area contributed by atoms with Gasteiger partial charge in [-0.1, -0.05) is 12.7 Å². The SMILES string of the molecule is C=CCOC(=O)Nc1c(C(=O)O)cc(F)c(OC)c1F. The number of carboxylic acids is 1. The molecule has 0 spiro atoms. The number of aromatic carboxylic acids is 1. The molecule has 2 N–H and O–H groups in total. The van der Waals surface area contributed by atoms with Gasteiger partial charge in [0.15, 0.2) is 17.4 Å². The van der Waals surface area contributed by atoms with Crippen molar-refractivity contribution >= 4 is 17.7 Å². The summed E-state index contributed by atoms with van der Waals surface area (Å²) in [5.74, 6) is -4.98. The van der Waals surface area contributed by atoms with Crippen LogP contribution < -0.4 is 10.1 Å². The van der Waals surface area contributed by atoms with Crippen molar-refractivity contribution in [3.05, 3.63) is 35.9 Å². The zero-order chi connectivity index (χ0) is 15.3. The molecule has 20 heavy (non-hydrogen) atoms. The maximum Gasteiger partial charge on any atom is 0.412 e. The van der Waals surface area contributed by atoms with Crippen LogP contribution in [0.3, 0.4) is 0 Å². The zero-order valence-corrected chi connectivity index (χ0v) is 10.4. The van der Waals surface area contributed by atoms with Crippen LogP contribution in [0, 0.1) is 11.6 Å². The van der Waals surface area contributed by atoms with Gasteiger partial charge in [0.05, 0.1) is 18.4 Å². The Labute approximate surface area is 112 Å². The first-order valence-electron chi connectivity index (χ1n) is 5.26. The van der Waals surface area contributed by atoms with Crippen LogP contribution in [0.1, 0.15) is 10.4 Å². The van der Waals surface area contributed by atoms with Crippen molar-refractivity contribution in [2.24, 2.45) is 0 Å². The van der Waals surface area contributed by atoms with Gasteiger partial charge in [-0.05, 0) is 6.07 Å². The van der Waals surface area contributed by atoms with E-state index in [2.05, 4.69) is 16.1 Å². The number of carboxylic acid groups (broad SMARTS) is 1. The van der Waals surface area contributed by atoms with E-state index in [4.69, 9.17) is 5.11 Å². The maximum absolute atomic E-state index is 13.9. The van der Waals surface area contributed by atoms with Crippen LogP contribution in [-0.4, -0.2) is 30.9 Å². The van der Waals surface area contributed by atoms with E-state index in [0.717, 1.165) is 7.11 Å². The summed E-state index contributed by atoms with van der Waals surface area (Å²) < 4.78 is 36.3. The van der Waals surface area contributed by atoms with Gasteiger partial charge in [0.2, 0.25) is 0 Å². The zero-order valence-electron chi connectivity index (χ0n) is 10.4. The topological polar surface area (TPSA) is 84.9 Å². The van der Waals surface area contributed by atoms with E-state index in [0.29, 0.717) is 6.07 Å². The molecule has 1 rings (SSSR count). The van der Waals surface area contributed by atoms with Crippen LogP contribution in [0.4, 0.5) is 19.3 Å².